The van der Waals surface area contributed by atoms with Crippen LogP contribution in [-0.4, -0.2) is 12.3 Å². The van der Waals surface area contributed by atoms with Gasteiger partial charge in [-0.1, -0.05) is 5.16 Å². The summed E-state index contributed by atoms with van der Waals surface area (Å²) in [6, 6.07) is 2.90. The van der Waals surface area contributed by atoms with E-state index in [0.717, 1.165) is 0 Å². The molecule has 1 heterocycles. The van der Waals surface area contributed by atoms with Crippen LogP contribution >= 0.6 is 15.9 Å². The Morgan fingerprint density at radius 1 is 1.47 bits per heavy atom. The lowest BCUT2D eigenvalue weighted by atomic mass is 10.1. The quantitative estimate of drug-likeness (QED) is 0.925. The topological polar surface area (TPSA) is 61.3 Å². The second kappa shape index (κ2) is 4.37. The fraction of sp³-hybridized carbons (Fsp3) is 0.182. The standard InChI is InChI=1S/C11H10BrFN2O2/c1-5-3-6(13)10(12)9(11(5)16-2)7-4-8(14)17-15-7/h3-4H,14H2,1-2H3. The monoisotopic (exact) mass is 300 g/mol. The van der Waals surface area contributed by atoms with Crippen molar-refractivity contribution in [3.63, 3.8) is 0 Å². The van der Waals surface area contributed by atoms with Gasteiger partial charge in [-0.2, -0.15) is 0 Å². The molecule has 2 aromatic rings. The first-order chi connectivity index (χ1) is 8.04. The van der Waals surface area contributed by atoms with Gasteiger partial charge < -0.3 is 15.0 Å². The first-order valence-corrected chi connectivity index (χ1v) is 5.59. The maximum absolute atomic E-state index is 13.7. The third-order valence-corrected chi connectivity index (χ3v) is 3.12. The number of nitrogens with zero attached hydrogens (tertiary/aromatic N) is 1. The van der Waals surface area contributed by atoms with Crippen LogP contribution in [0.5, 0.6) is 5.75 Å². The van der Waals surface area contributed by atoms with Crippen LogP contribution in [0.15, 0.2) is 21.1 Å². The molecule has 0 unspecified atom stereocenters. The molecule has 0 spiro atoms. The van der Waals surface area contributed by atoms with Crippen molar-refractivity contribution in [1.82, 2.24) is 5.16 Å². The molecule has 0 aliphatic rings. The lowest BCUT2D eigenvalue weighted by Crippen LogP contribution is -1.95. The first-order valence-electron chi connectivity index (χ1n) is 4.79. The normalized spacial score (nSPS) is 10.6. The number of halogens is 2. The molecule has 17 heavy (non-hydrogen) atoms. The number of nitrogen functional groups attached to an aromatic ring is 1. The highest BCUT2D eigenvalue weighted by Crippen LogP contribution is 2.40. The van der Waals surface area contributed by atoms with Crippen molar-refractivity contribution < 1.29 is 13.7 Å². The molecule has 6 heteroatoms. The van der Waals surface area contributed by atoms with Gasteiger partial charge in [0, 0.05) is 6.07 Å². The highest BCUT2D eigenvalue weighted by molar-refractivity contribution is 9.10. The third-order valence-electron chi connectivity index (χ3n) is 2.35. The summed E-state index contributed by atoms with van der Waals surface area (Å²) in [4.78, 5) is 0. The minimum absolute atomic E-state index is 0.163. The summed E-state index contributed by atoms with van der Waals surface area (Å²) in [6.07, 6.45) is 0. The minimum Gasteiger partial charge on any atom is -0.496 e. The van der Waals surface area contributed by atoms with Crippen LogP contribution in [0.4, 0.5) is 10.3 Å². The molecule has 90 valence electrons. The fourth-order valence-corrected chi connectivity index (χ4v) is 2.13. The second-order valence-electron chi connectivity index (χ2n) is 3.51. The van der Waals surface area contributed by atoms with Gasteiger partial charge in [0.1, 0.15) is 17.3 Å². The van der Waals surface area contributed by atoms with Crippen molar-refractivity contribution in [2.24, 2.45) is 0 Å². The molecule has 0 amide bonds. The van der Waals surface area contributed by atoms with E-state index in [0.29, 0.717) is 22.6 Å². The van der Waals surface area contributed by atoms with Crippen LogP contribution in [-0.2, 0) is 0 Å². The average Bonchev–Trinajstić information content (AvgIpc) is 2.69. The molecule has 0 aliphatic carbocycles. The van der Waals surface area contributed by atoms with E-state index in [1.165, 1.54) is 19.2 Å². The van der Waals surface area contributed by atoms with Gasteiger partial charge >= 0.3 is 0 Å². The van der Waals surface area contributed by atoms with Gasteiger partial charge in [0.15, 0.2) is 0 Å². The van der Waals surface area contributed by atoms with Crippen LogP contribution in [0.2, 0.25) is 0 Å². The summed E-state index contributed by atoms with van der Waals surface area (Å²) in [7, 11) is 1.51. The highest BCUT2D eigenvalue weighted by Gasteiger charge is 2.19. The number of aryl methyl sites for hydroxylation is 1. The predicted molar refractivity (Wildman–Crippen MR) is 65.3 cm³/mol. The van der Waals surface area contributed by atoms with E-state index in [-0.39, 0.29) is 16.2 Å². The largest absolute Gasteiger partial charge is 0.496 e. The van der Waals surface area contributed by atoms with E-state index < -0.39 is 0 Å². The van der Waals surface area contributed by atoms with Gasteiger partial charge in [0.05, 0.1) is 17.1 Å². The smallest absolute Gasteiger partial charge is 0.222 e. The molecule has 1 aromatic heterocycles. The maximum Gasteiger partial charge on any atom is 0.222 e. The zero-order valence-corrected chi connectivity index (χ0v) is 10.8. The number of anilines is 1. The molecular weight excluding hydrogens is 291 g/mol. The molecule has 2 rings (SSSR count). The Morgan fingerprint density at radius 3 is 2.71 bits per heavy atom. The van der Waals surface area contributed by atoms with Crippen LogP contribution in [0.25, 0.3) is 11.3 Å². The Morgan fingerprint density at radius 2 is 2.18 bits per heavy atom. The van der Waals surface area contributed by atoms with Gasteiger partial charge in [-0.15, -0.1) is 0 Å². The molecule has 0 fully saturated rings. The molecule has 0 saturated carbocycles. The Labute approximate surface area is 106 Å². The Hall–Kier alpha value is -1.56. The van der Waals surface area contributed by atoms with Crippen LogP contribution in [0, 0.1) is 12.7 Å². The number of rotatable bonds is 2. The Kier molecular flexibility index (Phi) is 3.06. The molecule has 0 radical (unpaired) electrons. The summed E-state index contributed by atoms with van der Waals surface area (Å²) in [5.74, 6) is 0.308. The summed E-state index contributed by atoms with van der Waals surface area (Å²) in [6.45, 7) is 1.75. The summed E-state index contributed by atoms with van der Waals surface area (Å²) in [5.41, 5.74) is 7.04. The van der Waals surface area contributed by atoms with Crippen molar-refractivity contribution >= 4 is 21.8 Å². The minimum atomic E-state index is -0.389. The lowest BCUT2D eigenvalue weighted by Gasteiger charge is -2.11. The Bertz CT molecular complexity index is 569. The van der Waals surface area contributed by atoms with Crippen LogP contribution < -0.4 is 10.5 Å². The van der Waals surface area contributed by atoms with Crippen LogP contribution in [0.3, 0.4) is 0 Å². The average molecular weight is 301 g/mol. The van der Waals surface area contributed by atoms with E-state index in [4.69, 9.17) is 15.0 Å². The van der Waals surface area contributed by atoms with Gasteiger partial charge in [-0.3, -0.25) is 0 Å². The number of ether oxygens (including phenoxy) is 1. The third kappa shape index (κ3) is 2.00. The molecule has 4 nitrogen and oxygen atoms in total. The second-order valence-corrected chi connectivity index (χ2v) is 4.31. The van der Waals surface area contributed by atoms with Crippen molar-refractivity contribution in [2.75, 3.05) is 12.8 Å². The maximum atomic E-state index is 13.7. The SMILES string of the molecule is COc1c(C)cc(F)c(Br)c1-c1cc(N)on1. The Balaban J connectivity index is 2.74. The predicted octanol–water partition coefficient (Wildman–Crippen LogP) is 3.14. The lowest BCUT2D eigenvalue weighted by molar-refractivity contribution is 0.409. The van der Waals surface area contributed by atoms with Gasteiger partial charge in [-0.25, -0.2) is 4.39 Å². The molecule has 1 aromatic carbocycles. The van der Waals surface area contributed by atoms with Crippen molar-refractivity contribution in [2.45, 2.75) is 6.92 Å². The molecular formula is C11H10BrFN2O2. The van der Waals surface area contributed by atoms with E-state index in [2.05, 4.69) is 21.1 Å². The summed E-state index contributed by atoms with van der Waals surface area (Å²) < 4.78 is 24.0. The summed E-state index contributed by atoms with van der Waals surface area (Å²) in [5, 5.41) is 3.76. The zero-order valence-electron chi connectivity index (χ0n) is 9.25. The molecule has 0 saturated heterocycles. The fourth-order valence-electron chi connectivity index (χ4n) is 1.63. The molecule has 0 atom stereocenters. The highest BCUT2D eigenvalue weighted by atomic mass is 79.9. The van der Waals surface area contributed by atoms with E-state index in [9.17, 15) is 4.39 Å². The number of nitrogens with two attached hydrogens (primary N) is 1. The van der Waals surface area contributed by atoms with Crippen LogP contribution in [0.1, 0.15) is 5.56 Å². The molecule has 0 aliphatic heterocycles. The van der Waals surface area contributed by atoms with Gasteiger partial charge in [0.25, 0.3) is 0 Å². The number of benzene rings is 1. The first kappa shape index (κ1) is 11.9. The number of hydrogen-bond acceptors (Lipinski definition) is 4. The van der Waals surface area contributed by atoms with E-state index in [1.54, 1.807) is 6.92 Å². The number of methoxy groups -OCH3 is 1. The molecule has 2 N–H and O–H groups in total. The van der Waals surface area contributed by atoms with Crippen molar-refractivity contribution in [1.29, 1.82) is 0 Å². The zero-order chi connectivity index (χ0) is 12.6. The van der Waals surface area contributed by atoms with E-state index >= 15 is 0 Å². The summed E-state index contributed by atoms with van der Waals surface area (Å²) >= 11 is 3.17. The molecule has 0 bridgehead atoms. The van der Waals surface area contributed by atoms with Gasteiger partial charge in [-0.05, 0) is 34.5 Å². The van der Waals surface area contributed by atoms with Crippen molar-refractivity contribution in [3.8, 4) is 17.0 Å². The number of aromatic nitrogens is 1. The van der Waals surface area contributed by atoms with Crippen molar-refractivity contribution in [3.05, 3.63) is 28.0 Å². The van der Waals surface area contributed by atoms with Gasteiger partial charge in [0.2, 0.25) is 5.88 Å². The van der Waals surface area contributed by atoms with E-state index in [1.807, 2.05) is 0 Å². The number of hydrogen-bond donors (Lipinski definition) is 1.